The van der Waals surface area contributed by atoms with Crippen LogP contribution in [0.1, 0.15) is 129 Å². The van der Waals surface area contributed by atoms with Gasteiger partial charge in [0.05, 0.1) is 34.4 Å². The molecular weight excluding hydrogens is 525 g/mol. The second kappa shape index (κ2) is 27.6. The Hall–Kier alpha value is -0.270. The number of nitrogens with zero attached hydrogens (tertiary/aromatic N) is 1. The molecule has 1 N–H and O–H groups in total. The molecule has 240 valence electrons. The first-order valence-corrected chi connectivity index (χ1v) is 17.9. The molecule has 1 unspecified atom stereocenters. The number of hydrogen-bond donors (Lipinski definition) is 1. The van der Waals surface area contributed by atoms with E-state index in [9.17, 15) is 9.46 Å². The van der Waals surface area contributed by atoms with Gasteiger partial charge in [-0.15, -0.1) is 0 Å². The Morgan fingerprint density at radius 2 is 1.15 bits per heavy atom. The number of likely N-dealkylation sites (N-methyl/N-ethyl adjacent to an activating group) is 1. The maximum atomic E-state index is 12.0. The van der Waals surface area contributed by atoms with Crippen LogP contribution in [0.25, 0.3) is 0 Å². The summed E-state index contributed by atoms with van der Waals surface area (Å²) in [5, 5.41) is 0. The van der Waals surface area contributed by atoms with Gasteiger partial charge < -0.3 is 18.9 Å². The van der Waals surface area contributed by atoms with E-state index in [1.165, 1.54) is 116 Å². The number of allylic oxidation sites excluding steroid dienone is 2. The molecule has 40 heavy (non-hydrogen) atoms. The van der Waals surface area contributed by atoms with Crippen LogP contribution in [0, 0.1) is 0 Å². The largest absolute Gasteiger partial charge is 0.472 e. The van der Waals surface area contributed by atoms with E-state index in [2.05, 4.69) is 19.1 Å². The molecule has 0 spiro atoms. The summed E-state index contributed by atoms with van der Waals surface area (Å²) in [5.74, 6) is 0. The van der Waals surface area contributed by atoms with E-state index in [1.54, 1.807) is 7.11 Å². The molecule has 0 aromatic heterocycles. The van der Waals surface area contributed by atoms with Crippen LogP contribution < -0.4 is 0 Å². The van der Waals surface area contributed by atoms with Crippen LogP contribution in [0.4, 0.5) is 0 Å². The van der Waals surface area contributed by atoms with Crippen molar-refractivity contribution in [1.82, 2.24) is 0 Å². The molecule has 8 heteroatoms. The Morgan fingerprint density at radius 1 is 0.675 bits per heavy atom. The Morgan fingerprint density at radius 3 is 1.62 bits per heavy atom. The molecule has 0 heterocycles. The summed E-state index contributed by atoms with van der Waals surface area (Å²) in [5.41, 5.74) is 0. The third-order valence-electron chi connectivity index (χ3n) is 7.13. The van der Waals surface area contributed by atoms with Crippen molar-refractivity contribution in [1.29, 1.82) is 0 Å². The quantitative estimate of drug-likeness (QED) is 0.0375. The van der Waals surface area contributed by atoms with Crippen molar-refractivity contribution in [3.8, 4) is 0 Å². The molecule has 0 aliphatic heterocycles. The molecule has 0 aliphatic rings. The van der Waals surface area contributed by atoms with Gasteiger partial charge in [0.15, 0.2) is 0 Å². The Bertz CT molecular complexity index is 611. The molecule has 0 aromatic rings. The van der Waals surface area contributed by atoms with Crippen LogP contribution >= 0.6 is 7.82 Å². The lowest BCUT2D eigenvalue weighted by Gasteiger charge is -2.24. The number of unbranched alkanes of at least 4 members (excludes halogenated alkanes) is 17. The zero-order valence-corrected chi connectivity index (χ0v) is 28.0. The van der Waals surface area contributed by atoms with Gasteiger partial charge in [-0.2, -0.15) is 0 Å². The molecule has 0 saturated heterocycles. The summed E-state index contributed by atoms with van der Waals surface area (Å²) in [4.78, 5) is 9.82. The van der Waals surface area contributed by atoms with Crippen LogP contribution in [-0.2, 0) is 23.1 Å². The van der Waals surface area contributed by atoms with Gasteiger partial charge in [-0.1, -0.05) is 109 Å². The maximum Gasteiger partial charge on any atom is 0.472 e. The van der Waals surface area contributed by atoms with Crippen LogP contribution in [0.2, 0.25) is 0 Å². The van der Waals surface area contributed by atoms with E-state index >= 15 is 0 Å². The topological polar surface area (TPSA) is 74.2 Å². The monoisotopic (exact) mass is 592 g/mol. The minimum Gasteiger partial charge on any atom is -0.379 e. The Kier molecular flexibility index (Phi) is 27.4. The SMILES string of the molecule is CCCCCCCCCCCC/C=C\CCCCCCCCCOC[C@H](COP(=O)(O)OCC[N+](C)(C)C)OC. The lowest BCUT2D eigenvalue weighted by molar-refractivity contribution is -0.870. The fraction of sp³-hybridized carbons (Fsp3) is 0.938. The predicted octanol–water partition coefficient (Wildman–Crippen LogP) is 8.85. The minimum atomic E-state index is -4.08. The lowest BCUT2D eigenvalue weighted by Crippen LogP contribution is -2.37. The first kappa shape index (κ1) is 39.7. The summed E-state index contributed by atoms with van der Waals surface area (Å²) in [7, 11) is 3.44. The molecule has 0 aromatic carbocycles. The highest BCUT2D eigenvalue weighted by atomic mass is 31.2. The number of methoxy groups -OCH3 is 1. The van der Waals surface area contributed by atoms with Gasteiger partial charge in [0, 0.05) is 13.7 Å². The average Bonchev–Trinajstić information content (AvgIpc) is 2.90. The van der Waals surface area contributed by atoms with E-state index < -0.39 is 13.9 Å². The summed E-state index contributed by atoms with van der Waals surface area (Å²) in [6.07, 6.45) is 29.6. The second-order valence-electron chi connectivity index (χ2n) is 12.2. The highest BCUT2D eigenvalue weighted by Gasteiger charge is 2.24. The summed E-state index contributed by atoms with van der Waals surface area (Å²) in [6, 6.07) is 0. The van der Waals surface area contributed by atoms with Crippen molar-refractivity contribution in [3.63, 3.8) is 0 Å². The summed E-state index contributed by atoms with van der Waals surface area (Å²) < 4.78 is 33.7. The van der Waals surface area contributed by atoms with Crippen LogP contribution in [0.3, 0.4) is 0 Å². The lowest BCUT2D eigenvalue weighted by atomic mass is 10.1. The van der Waals surface area contributed by atoms with E-state index in [4.69, 9.17) is 18.5 Å². The molecule has 0 saturated carbocycles. The highest BCUT2D eigenvalue weighted by molar-refractivity contribution is 7.47. The normalized spacial score (nSPS) is 14.7. The first-order chi connectivity index (χ1) is 19.2. The number of phosphoric acid groups is 1. The van der Waals surface area contributed by atoms with Crippen molar-refractivity contribution in [2.75, 3.05) is 61.2 Å². The van der Waals surface area contributed by atoms with Gasteiger partial charge in [-0.25, -0.2) is 4.57 Å². The molecular formula is C32H67NO6P+. The summed E-state index contributed by atoms with van der Waals surface area (Å²) >= 11 is 0. The molecule has 0 amide bonds. The smallest absolute Gasteiger partial charge is 0.379 e. The van der Waals surface area contributed by atoms with E-state index in [1.807, 2.05) is 21.1 Å². The molecule has 0 bridgehead atoms. The van der Waals surface area contributed by atoms with Gasteiger partial charge in [-0.3, -0.25) is 9.05 Å². The maximum absolute atomic E-state index is 12.0. The number of hydrogen-bond acceptors (Lipinski definition) is 5. The Balaban J connectivity index is 3.46. The number of ether oxygens (including phenoxy) is 2. The number of phosphoric ester groups is 1. The minimum absolute atomic E-state index is 0.0385. The third kappa shape index (κ3) is 30.7. The number of quaternary nitrogens is 1. The standard InChI is InChI=1S/C32H66NO6P/c1-6-7-8-9-10-11-12-13-14-15-16-17-18-19-20-21-22-23-24-25-26-28-37-30-32(36-5)31-39-40(34,35)38-29-27-33(2,3)4/h17-18,32H,6-16,19-31H2,1-5H3/p+1/b18-17-/t32-/m1/s1. The summed E-state index contributed by atoms with van der Waals surface area (Å²) in [6.45, 7) is 4.01. The first-order valence-electron chi connectivity index (χ1n) is 16.4. The fourth-order valence-electron chi connectivity index (χ4n) is 4.38. The van der Waals surface area contributed by atoms with Crippen molar-refractivity contribution in [3.05, 3.63) is 12.2 Å². The van der Waals surface area contributed by atoms with Gasteiger partial charge >= 0.3 is 7.82 Å². The van der Waals surface area contributed by atoms with Crippen LogP contribution in [0.5, 0.6) is 0 Å². The predicted molar refractivity (Wildman–Crippen MR) is 169 cm³/mol. The van der Waals surface area contributed by atoms with Crippen molar-refractivity contribution in [2.24, 2.45) is 0 Å². The van der Waals surface area contributed by atoms with Crippen molar-refractivity contribution < 1.29 is 32.5 Å². The van der Waals surface area contributed by atoms with Gasteiger partial charge in [-0.05, 0) is 32.1 Å². The molecule has 0 aliphatic carbocycles. The second-order valence-corrected chi connectivity index (χ2v) is 13.7. The Labute approximate surface area is 248 Å². The van der Waals surface area contributed by atoms with E-state index in [0.29, 0.717) is 24.2 Å². The van der Waals surface area contributed by atoms with E-state index in [0.717, 1.165) is 6.42 Å². The van der Waals surface area contributed by atoms with Crippen molar-refractivity contribution >= 4 is 7.82 Å². The molecule has 0 fully saturated rings. The van der Waals surface area contributed by atoms with Crippen LogP contribution in [-0.4, -0.2) is 76.7 Å². The molecule has 2 atom stereocenters. The zero-order valence-electron chi connectivity index (χ0n) is 27.1. The average molecular weight is 593 g/mol. The van der Waals surface area contributed by atoms with Gasteiger partial charge in [0.2, 0.25) is 0 Å². The fourth-order valence-corrected chi connectivity index (χ4v) is 5.12. The van der Waals surface area contributed by atoms with Crippen molar-refractivity contribution in [2.45, 2.75) is 135 Å². The van der Waals surface area contributed by atoms with E-state index in [-0.39, 0.29) is 13.2 Å². The van der Waals surface area contributed by atoms with Gasteiger partial charge in [0.1, 0.15) is 19.3 Å². The molecule has 0 radical (unpaired) electrons. The molecule has 7 nitrogen and oxygen atoms in total. The highest BCUT2D eigenvalue weighted by Crippen LogP contribution is 2.43. The number of rotatable bonds is 31. The van der Waals surface area contributed by atoms with Gasteiger partial charge in [0.25, 0.3) is 0 Å². The zero-order chi connectivity index (χ0) is 29.8. The third-order valence-corrected chi connectivity index (χ3v) is 8.11. The molecule has 0 rings (SSSR count). The van der Waals surface area contributed by atoms with Crippen LogP contribution in [0.15, 0.2) is 12.2 Å².